The summed E-state index contributed by atoms with van der Waals surface area (Å²) in [5.41, 5.74) is -0.0620. The smallest absolute Gasteiger partial charge is 0.231 e. The van der Waals surface area contributed by atoms with Gasteiger partial charge in [-0.1, -0.05) is 25.0 Å². The van der Waals surface area contributed by atoms with Gasteiger partial charge < -0.3 is 10.4 Å². The third-order valence-electron chi connectivity index (χ3n) is 4.82. The van der Waals surface area contributed by atoms with Gasteiger partial charge in [0, 0.05) is 0 Å². The summed E-state index contributed by atoms with van der Waals surface area (Å²) in [6, 6.07) is 6.20. The fraction of sp³-hybridized carbons (Fsp3) is 0.562. The van der Waals surface area contributed by atoms with Crippen molar-refractivity contribution in [2.24, 2.45) is 0 Å². The largest absolute Gasteiger partial charge is 0.394 e. The van der Waals surface area contributed by atoms with Crippen LogP contribution in [0, 0.1) is 5.82 Å². The molecule has 0 bridgehead atoms. The first kappa shape index (κ1) is 13.6. The van der Waals surface area contributed by atoms with Gasteiger partial charge in [0.15, 0.2) is 0 Å². The standard InChI is InChI=1S/C16H20FNO2/c17-13-5-3-12(4-6-13)16(9-10-16)14(20)18-15(11-19)7-1-2-8-15/h3-6,19H,1-2,7-11H2,(H,18,20). The number of benzene rings is 1. The zero-order chi connectivity index (χ0) is 14.2. The van der Waals surface area contributed by atoms with Crippen LogP contribution in [0.3, 0.4) is 0 Å². The third-order valence-corrected chi connectivity index (χ3v) is 4.82. The number of halogens is 1. The van der Waals surface area contributed by atoms with E-state index in [1.807, 2.05) is 0 Å². The van der Waals surface area contributed by atoms with E-state index in [1.165, 1.54) is 12.1 Å². The molecule has 0 aliphatic heterocycles. The number of aliphatic hydroxyl groups excluding tert-OH is 1. The minimum Gasteiger partial charge on any atom is -0.394 e. The fourth-order valence-corrected chi connectivity index (χ4v) is 3.28. The molecule has 2 aliphatic carbocycles. The quantitative estimate of drug-likeness (QED) is 0.887. The number of aliphatic hydroxyl groups is 1. The first-order valence-electron chi connectivity index (χ1n) is 7.30. The maximum atomic E-state index is 13.0. The van der Waals surface area contributed by atoms with Crippen LogP contribution >= 0.6 is 0 Å². The van der Waals surface area contributed by atoms with Crippen LogP contribution in [0.4, 0.5) is 4.39 Å². The molecule has 0 saturated heterocycles. The van der Waals surface area contributed by atoms with Crippen LogP contribution in [0.25, 0.3) is 0 Å². The summed E-state index contributed by atoms with van der Waals surface area (Å²) in [5, 5.41) is 12.7. The van der Waals surface area contributed by atoms with Gasteiger partial charge in [-0.15, -0.1) is 0 Å². The lowest BCUT2D eigenvalue weighted by Gasteiger charge is -2.30. The lowest BCUT2D eigenvalue weighted by Crippen LogP contribution is -2.52. The molecule has 0 unspecified atom stereocenters. The molecule has 0 radical (unpaired) electrons. The van der Waals surface area contributed by atoms with Crippen molar-refractivity contribution in [1.29, 1.82) is 0 Å². The van der Waals surface area contributed by atoms with Gasteiger partial charge in [-0.05, 0) is 43.4 Å². The van der Waals surface area contributed by atoms with Gasteiger partial charge in [0.25, 0.3) is 0 Å². The van der Waals surface area contributed by atoms with E-state index < -0.39 is 11.0 Å². The molecule has 0 aromatic heterocycles. The van der Waals surface area contributed by atoms with Crippen LogP contribution in [0.5, 0.6) is 0 Å². The van der Waals surface area contributed by atoms with Crippen LogP contribution in [-0.4, -0.2) is 23.2 Å². The average molecular weight is 277 g/mol. The number of carbonyl (C=O) groups is 1. The Morgan fingerprint density at radius 2 is 1.75 bits per heavy atom. The second-order valence-corrected chi connectivity index (χ2v) is 6.19. The number of nitrogens with one attached hydrogen (secondary N) is 1. The first-order chi connectivity index (χ1) is 9.60. The first-order valence-corrected chi connectivity index (χ1v) is 7.30. The third kappa shape index (κ3) is 2.22. The van der Waals surface area contributed by atoms with Crippen LogP contribution in [0.15, 0.2) is 24.3 Å². The Morgan fingerprint density at radius 3 is 2.25 bits per heavy atom. The molecule has 0 heterocycles. The molecule has 3 nitrogen and oxygen atoms in total. The summed E-state index contributed by atoms with van der Waals surface area (Å²) in [6.07, 6.45) is 5.37. The zero-order valence-electron chi connectivity index (χ0n) is 11.5. The summed E-state index contributed by atoms with van der Waals surface area (Å²) < 4.78 is 13.0. The number of hydrogen-bond donors (Lipinski definition) is 2. The molecule has 4 heteroatoms. The molecule has 1 aromatic carbocycles. The fourth-order valence-electron chi connectivity index (χ4n) is 3.28. The van der Waals surface area contributed by atoms with Crippen molar-refractivity contribution in [2.45, 2.75) is 49.5 Å². The van der Waals surface area contributed by atoms with Crippen molar-refractivity contribution in [3.63, 3.8) is 0 Å². The van der Waals surface area contributed by atoms with Gasteiger partial charge >= 0.3 is 0 Å². The van der Waals surface area contributed by atoms with Crippen molar-refractivity contribution in [3.8, 4) is 0 Å². The molecule has 1 aromatic rings. The molecule has 2 N–H and O–H groups in total. The molecule has 108 valence electrons. The highest BCUT2D eigenvalue weighted by Crippen LogP contribution is 2.49. The average Bonchev–Trinajstić information content (AvgIpc) is 3.14. The molecule has 2 aliphatic rings. The van der Waals surface area contributed by atoms with E-state index in [2.05, 4.69) is 5.32 Å². The molecular weight excluding hydrogens is 257 g/mol. The molecule has 0 spiro atoms. The predicted octanol–water partition coefficient (Wildman–Crippen LogP) is 2.28. The minimum absolute atomic E-state index is 0.00175. The van der Waals surface area contributed by atoms with E-state index in [9.17, 15) is 14.3 Å². The minimum atomic E-state index is -0.502. The summed E-state index contributed by atoms with van der Waals surface area (Å²) in [7, 11) is 0. The van der Waals surface area contributed by atoms with Crippen molar-refractivity contribution in [1.82, 2.24) is 5.32 Å². The van der Waals surface area contributed by atoms with Crippen LogP contribution in [0.2, 0.25) is 0 Å². The van der Waals surface area contributed by atoms with E-state index in [0.717, 1.165) is 44.1 Å². The summed E-state index contributed by atoms with van der Waals surface area (Å²) in [4.78, 5) is 12.6. The van der Waals surface area contributed by atoms with Gasteiger partial charge in [-0.25, -0.2) is 4.39 Å². The Hall–Kier alpha value is -1.42. The van der Waals surface area contributed by atoms with Crippen molar-refractivity contribution in [3.05, 3.63) is 35.6 Å². The van der Waals surface area contributed by atoms with E-state index in [4.69, 9.17) is 0 Å². The van der Waals surface area contributed by atoms with Gasteiger partial charge in [-0.3, -0.25) is 4.79 Å². The second kappa shape index (κ2) is 4.85. The van der Waals surface area contributed by atoms with Crippen LogP contribution in [0.1, 0.15) is 44.1 Å². The van der Waals surface area contributed by atoms with E-state index in [0.29, 0.717) is 0 Å². The molecule has 2 saturated carbocycles. The van der Waals surface area contributed by atoms with Gasteiger partial charge in [-0.2, -0.15) is 0 Å². The van der Waals surface area contributed by atoms with Crippen molar-refractivity contribution >= 4 is 5.91 Å². The molecule has 0 atom stereocenters. The number of carbonyl (C=O) groups excluding carboxylic acids is 1. The molecular formula is C16H20FNO2. The van der Waals surface area contributed by atoms with Crippen molar-refractivity contribution < 1.29 is 14.3 Å². The Bertz CT molecular complexity index is 502. The predicted molar refractivity (Wildman–Crippen MR) is 73.7 cm³/mol. The maximum Gasteiger partial charge on any atom is 0.231 e. The normalized spacial score (nSPS) is 22.5. The molecule has 3 rings (SSSR count). The lowest BCUT2D eigenvalue weighted by molar-refractivity contribution is -0.126. The summed E-state index contributed by atoms with van der Waals surface area (Å²) >= 11 is 0. The highest BCUT2D eigenvalue weighted by atomic mass is 19.1. The highest BCUT2D eigenvalue weighted by Gasteiger charge is 2.53. The van der Waals surface area contributed by atoms with Crippen LogP contribution in [-0.2, 0) is 10.2 Å². The Balaban J connectivity index is 1.78. The number of hydrogen-bond acceptors (Lipinski definition) is 2. The SMILES string of the molecule is O=C(NC1(CO)CCCC1)C1(c2ccc(F)cc2)CC1. The number of rotatable bonds is 4. The summed E-state index contributed by atoms with van der Waals surface area (Å²) in [5.74, 6) is -0.298. The monoisotopic (exact) mass is 277 g/mol. The van der Waals surface area contributed by atoms with E-state index >= 15 is 0 Å². The Labute approximate surface area is 118 Å². The maximum absolute atomic E-state index is 13.0. The zero-order valence-corrected chi connectivity index (χ0v) is 11.5. The van der Waals surface area contributed by atoms with E-state index in [-0.39, 0.29) is 18.3 Å². The Morgan fingerprint density at radius 1 is 1.15 bits per heavy atom. The van der Waals surface area contributed by atoms with Gasteiger partial charge in [0.1, 0.15) is 5.82 Å². The molecule has 1 amide bonds. The topological polar surface area (TPSA) is 49.3 Å². The molecule has 20 heavy (non-hydrogen) atoms. The summed E-state index contributed by atoms with van der Waals surface area (Å²) in [6.45, 7) is -0.00175. The van der Waals surface area contributed by atoms with Gasteiger partial charge in [0.2, 0.25) is 5.91 Å². The second-order valence-electron chi connectivity index (χ2n) is 6.19. The van der Waals surface area contributed by atoms with E-state index in [1.54, 1.807) is 12.1 Å². The lowest BCUT2D eigenvalue weighted by atomic mass is 9.91. The van der Waals surface area contributed by atoms with Crippen molar-refractivity contribution in [2.75, 3.05) is 6.61 Å². The van der Waals surface area contributed by atoms with Crippen LogP contribution < -0.4 is 5.32 Å². The van der Waals surface area contributed by atoms with Gasteiger partial charge in [0.05, 0.1) is 17.6 Å². The highest BCUT2D eigenvalue weighted by molar-refractivity contribution is 5.91. The number of amides is 1. The Kier molecular flexibility index (Phi) is 3.28. The molecule has 2 fully saturated rings.